The molecular weight excluding hydrogens is 200 g/mol. The Labute approximate surface area is 89.4 Å². The van der Waals surface area contributed by atoms with Crippen LogP contribution in [-0.4, -0.2) is 33.2 Å². The molecule has 1 heterocycles. The first-order valence-electron chi connectivity index (χ1n) is 4.78. The molecule has 1 nitrogen and oxygen atoms in total. The summed E-state index contributed by atoms with van der Waals surface area (Å²) in [4.78, 5) is 0. The molecule has 1 fully saturated rings. The van der Waals surface area contributed by atoms with E-state index in [9.17, 15) is 5.11 Å². The first-order valence-corrected chi connectivity index (χ1v) is 6.87. The lowest BCUT2D eigenvalue weighted by atomic mass is 10.1. The highest BCUT2D eigenvalue weighted by Gasteiger charge is 2.28. The minimum atomic E-state index is -0.147. The van der Waals surface area contributed by atoms with Gasteiger partial charge in [-0.3, -0.25) is 0 Å². The van der Waals surface area contributed by atoms with E-state index in [1.807, 2.05) is 29.6 Å². The highest BCUT2D eigenvalue weighted by molar-refractivity contribution is 8.07. The molecule has 13 heavy (non-hydrogen) atoms. The van der Waals surface area contributed by atoms with Crippen LogP contribution in [0.2, 0.25) is 0 Å². The van der Waals surface area contributed by atoms with Crippen molar-refractivity contribution >= 4 is 23.5 Å². The number of hydrogen-bond donors (Lipinski definition) is 1. The number of hydrogen-bond acceptors (Lipinski definition) is 3. The molecule has 0 amide bonds. The molecule has 1 aliphatic heterocycles. The second-order valence-corrected chi connectivity index (χ2v) is 6.12. The molecule has 1 saturated heterocycles. The van der Waals surface area contributed by atoms with Crippen LogP contribution in [0.3, 0.4) is 0 Å². The van der Waals surface area contributed by atoms with Gasteiger partial charge in [-0.25, -0.2) is 0 Å². The maximum absolute atomic E-state index is 9.89. The summed E-state index contributed by atoms with van der Waals surface area (Å²) in [7, 11) is 0. The normalized spacial score (nSPS) is 31.2. The lowest BCUT2D eigenvalue weighted by molar-refractivity contribution is 0.162. The Kier molecular flexibility index (Phi) is 5.29. The van der Waals surface area contributed by atoms with Crippen LogP contribution in [0.15, 0.2) is 12.7 Å². The first kappa shape index (κ1) is 11.5. The van der Waals surface area contributed by atoms with Crippen molar-refractivity contribution in [3.63, 3.8) is 0 Å². The molecule has 1 N–H and O–H groups in total. The molecule has 3 atom stereocenters. The smallest absolute Gasteiger partial charge is 0.0672 e. The quantitative estimate of drug-likeness (QED) is 0.732. The first-order chi connectivity index (χ1) is 6.25. The van der Waals surface area contributed by atoms with E-state index in [-0.39, 0.29) is 6.10 Å². The van der Waals surface area contributed by atoms with Gasteiger partial charge in [-0.1, -0.05) is 13.0 Å². The molecule has 3 heteroatoms. The van der Waals surface area contributed by atoms with Crippen LogP contribution in [-0.2, 0) is 0 Å². The van der Waals surface area contributed by atoms with Gasteiger partial charge in [0.15, 0.2) is 0 Å². The molecule has 0 spiro atoms. The van der Waals surface area contributed by atoms with Crippen LogP contribution in [0.5, 0.6) is 0 Å². The number of thioether (sulfide) groups is 2. The molecular formula is C10H18OS2. The number of allylic oxidation sites excluding steroid dienone is 1. The largest absolute Gasteiger partial charge is 0.392 e. The fourth-order valence-corrected chi connectivity index (χ4v) is 4.41. The Morgan fingerprint density at radius 3 is 2.85 bits per heavy atom. The fourth-order valence-electron chi connectivity index (χ4n) is 1.53. The van der Waals surface area contributed by atoms with Crippen LogP contribution in [0.25, 0.3) is 0 Å². The predicted molar refractivity (Wildman–Crippen MR) is 63.6 cm³/mol. The lowest BCUT2D eigenvalue weighted by Gasteiger charge is -2.31. The van der Waals surface area contributed by atoms with Gasteiger partial charge >= 0.3 is 0 Å². The average Bonchev–Trinajstić information content (AvgIpc) is 2.15. The van der Waals surface area contributed by atoms with Gasteiger partial charge in [-0.15, -0.1) is 6.58 Å². The number of aliphatic hydroxyl groups is 1. The van der Waals surface area contributed by atoms with Crippen LogP contribution in [0.1, 0.15) is 19.8 Å². The summed E-state index contributed by atoms with van der Waals surface area (Å²) < 4.78 is 0. The second-order valence-electron chi connectivity index (χ2n) is 3.34. The highest BCUT2D eigenvalue weighted by atomic mass is 32.2. The number of rotatable bonds is 4. The average molecular weight is 218 g/mol. The monoisotopic (exact) mass is 218 g/mol. The van der Waals surface area contributed by atoms with Gasteiger partial charge in [-0.2, -0.15) is 23.5 Å². The molecule has 76 valence electrons. The van der Waals surface area contributed by atoms with Gasteiger partial charge in [0.05, 0.1) is 6.10 Å². The van der Waals surface area contributed by atoms with Gasteiger partial charge in [0.25, 0.3) is 0 Å². The van der Waals surface area contributed by atoms with Gasteiger partial charge in [0.1, 0.15) is 0 Å². The predicted octanol–water partition coefficient (Wildman–Crippen LogP) is 2.55. The molecule has 1 aliphatic rings. The fraction of sp³-hybridized carbons (Fsp3) is 0.800. The Balaban J connectivity index is 2.34. The molecule has 0 radical (unpaired) electrons. The zero-order valence-corrected chi connectivity index (χ0v) is 9.74. The van der Waals surface area contributed by atoms with Crippen molar-refractivity contribution in [2.75, 3.05) is 11.5 Å². The summed E-state index contributed by atoms with van der Waals surface area (Å²) in [5.74, 6) is 2.42. The zero-order valence-electron chi connectivity index (χ0n) is 8.11. The van der Waals surface area contributed by atoms with Gasteiger partial charge < -0.3 is 5.11 Å². The standard InChI is InChI=1S/C10H18OS2/c1-3-4-5-9(11)10-8(2)12-6-7-13-10/h3,8-11H,1,4-7H2,2H3. The molecule has 0 saturated carbocycles. The van der Waals surface area contributed by atoms with Crippen LogP contribution >= 0.6 is 23.5 Å². The van der Waals surface area contributed by atoms with E-state index in [1.54, 1.807) is 0 Å². The summed E-state index contributed by atoms with van der Waals surface area (Å²) >= 11 is 3.91. The third-order valence-electron chi connectivity index (χ3n) is 2.28. The molecule has 0 aromatic rings. The molecule has 0 aromatic heterocycles. The molecule has 0 aromatic carbocycles. The van der Waals surface area contributed by atoms with Crippen molar-refractivity contribution < 1.29 is 5.11 Å². The van der Waals surface area contributed by atoms with Crippen LogP contribution in [0.4, 0.5) is 0 Å². The Bertz CT molecular complexity index is 161. The molecule has 3 unspecified atom stereocenters. The topological polar surface area (TPSA) is 20.2 Å². The summed E-state index contributed by atoms with van der Waals surface area (Å²) in [5.41, 5.74) is 0. The lowest BCUT2D eigenvalue weighted by Crippen LogP contribution is -2.34. The van der Waals surface area contributed by atoms with Crippen LogP contribution < -0.4 is 0 Å². The van der Waals surface area contributed by atoms with Crippen molar-refractivity contribution in [1.82, 2.24) is 0 Å². The minimum Gasteiger partial charge on any atom is -0.392 e. The van der Waals surface area contributed by atoms with Crippen molar-refractivity contribution in [3.05, 3.63) is 12.7 Å². The zero-order chi connectivity index (χ0) is 9.68. The Morgan fingerprint density at radius 1 is 1.54 bits per heavy atom. The van der Waals surface area contributed by atoms with Gasteiger partial charge in [-0.05, 0) is 12.8 Å². The van der Waals surface area contributed by atoms with E-state index in [4.69, 9.17) is 0 Å². The Morgan fingerprint density at radius 2 is 2.23 bits per heavy atom. The summed E-state index contributed by atoms with van der Waals surface area (Å²) in [5, 5.41) is 10.9. The van der Waals surface area contributed by atoms with E-state index < -0.39 is 0 Å². The third-order valence-corrected chi connectivity index (χ3v) is 5.52. The van der Waals surface area contributed by atoms with Crippen molar-refractivity contribution in [2.24, 2.45) is 0 Å². The molecule has 0 bridgehead atoms. The Hall–Kier alpha value is 0.400. The van der Waals surface area contributed by atoms with Gasteiger partial charge in [0.2, 0.25) is 0 Å². The molecule has 1 rings (SSSR count). The minimum absolute atomic E-state index is 0.147. The van der Waals surface area contributed by atoms with E-state index in [2.05, 4.69) is 13.5 Å². The highest BCUT2D eigenvalue weighted by Crippen LogP contribution is 2.34. The number of aliphatic hydroxyl groups excluding tert-OH is 1. The SMILES string of the molecule is C=CCCC(O)C1SCCSC1C. The van der Waals surface area contributed by atoms with E-state index in [0.29, 0.717) is 10.5 Å². The summed E-state index contributed by atoms with van der Waals surface area (Å²) in [6, 6.07) is 0. The van der Waals surface area contributed by atoms with Crippen molar-refractivity contribution in [2.45, 2.75) is 36.4 Å². The van der Waals surface area contributed by atoms with Gasteiger partial charge in [0, 0.05) is 22.0 Å². The molecule has 0 aliphatic carbocycles. The van der Waals surface area contributed by atoms with Crippen molar-refractivity contribution in [1.29, 1.82) is 0 Å². The van der Waals surface area contributed by atoms with Crippen molar-refractivity contribution in [3.8, 4) is 0 Å². The maximum atomic E-state index is 9.89. The van der Waals surface area contributed by atoms with E-state index >= 15 is 0 Å². The summed E-state index contributed by atoms with van der Waals surface area (Å²) in [6.07, 6.45) is 3.53. The van der Waals surface area contributed by atoms with E-state index in [1.165, 1.54) is 11.5 Å². The second kappa shape index (κ2) is 5.99. The van der Waals surface area contributed by atoms with Crippen LogP contribution in [0, 0.1) is 0 Å². The third kappa shape index (κ3) is 3.56. The maximum Gasteiger partial charge on any atom is 0.0672 e. The summed E-state index contributed by atoms with van der Waals surface area (Å²) in [6.45, 7) is 5.89. The van der Waals surface area contributed by atoms with E-state index in [0.717, 1.165) is 12.8 Å².